The van der Waals surface area contributed by atoms with Crippen molar-refractivity contribution in [3.63, 3.8) is 0 Å². The van der Waals surface area contributed by atoms with Gasteiger partial charge in [0.2, 0.25) is 5.43 Å². The minimum Gasteiger partial charge on any atom is -0.477 e. The smallest absolute Gasteiger partial charge is 0.341 e. The van der Waals surface area contributed by atoms with Crippen LogP contribution in [-0.4, -0.2) is 29.2 Å². The van der Waals surface area contributed by atoms with Gasteiger partial charge in [-0.25, -0.2) is 13.6 Å². The van der Waals surface area contributed by atoms with E-state index in [4.69, 9.17) is 5.11 Å². The predicted molar refractivity (Wildman–Crippen MR) is 79.7 cm³/mol. The van der Waals surface area contributed by atoms with E-state index in [1.165, 1.54) is 16.5 Å². The summed E-state index contributed by atoms with van der Waals surface area (Å²) < 4.78 is 30.2. The maximum atomic E-state index is 14.7. The molecule has 5 nitrogen and oxygen atoms in total. The molecule has 0 radical (unpaired) electrons. The van der Waals surface area contributed by atoms with E-state index >= 15 is 0 Å². The molecule has 0 saturated heterocycles. The Morgan fingerprint density at radius 3 is 2.50 bits per heavy atom. The molecule has 0 saturated carbocycles. The standard InChI is InChI=1S/C15H16F2N2O3/c1-4-18(3)13-10(16)6-8-12(11(13)17)19(5-2)7-9(14(8)20)15(21)22/h6-7H,4-5H2,1-3H3,(H,21,22). The Kier molecular flexibility index (Phi) is 4.16. The first-order chi connectivity index (χ1) is 10.3. The van der Waals surface area contributed by atoms with Crippen molar-refractivity contribution in [2.24, 2.45) is 0 Å². The fraction of sp³-hybridized carbons (Fsp3) is 0.333. The van der Waals surface area contributed by atoms with Crippen LogP contribution in [0.15, 0.2) is 17.1 Å². The molecule has 1 aromatic heterocycles. The number of aryl methyl sites for hydroxylation is 1. The lowest BCUT2D eigenvalue weighted by atomic mass is 10.1. The number of carboxylic acid groups (broad SMARTS) is 1. The van der Waals surface area contributed by atoms with Gasteiger partial charge in [-0.3, -0.25) is 4.79 Å². The quantitative estimate of drug-likeness (QED) is 0.942. The third kappa shape index (κ3) is 2.32. The number of halogens is 2. The largest absolute Gasteiger partial charge is 0.477 e. The molecule has 2 aromatic rings. The summed E-state index contributed by atoms with van der Waals surface area (Å²) in [6, 6.07) is 0.904. The number of anilines is 1. The number of fused-ring (bicyclic) bond motifs is 1. The van der Waals surface area contributed by atoms with E-state index in [2.05, 4.69) is 0 Å². The topological polar surface area (TPSA) is 62.5 Å². The van der Waals surface area contributed by atoms with Crippen LogP contribution in [0, 0.1) is 11.6 Å². The highest BCUT2D eigenvalue weighted by Gasteiger charge is 2.22. The number of hydrogen-bond donors (Lipinski definition) is 1. The van der Waals surface area contributed by atoms with Crippen molar-refractivity contribution in [3.05, 3.63) is 39.7 Å². The third-order valence-electron chi connectivity index (χ3n) is 3.66. The highest BCUT2D eigenvalue weighted by Crippen LogP contribution is 2.29. The van der Waals surface area contributed by atoms with Gasteiger partial charge < -0.3 is 14.6 Å². The van der Waals surface area contributed by atoms with Gasteiger partial charge in [0.15, 0.2) is 5.82 Å². The van der Waals surface area contributed by atoms with Crippen molar-refractivity contribution in [1.82, 2.24) is 4.57 Å². The molecule has 0 spiro atoms. The second-order valence-corrected chi connectivity index (χ2v) is 4.89. The van der Waals surface area contributed by atoms with E-state index in [-0.39, 0.29) is 23.1 Å². The zero-order valence-electron chi connectivity index (χ0n) is 12.5. The zero-order valence-corrected chi connectivity index (χ0v) is 12.5. The van der Waals surface area contributed by atoms with Crippen LogP contribution in [0.2, 0.25) is 0 Å². The molecule has 0 aliphatic heterocycles. The molecule has 1 aromatic carbocycles. The first-order valence-corrected chi connectivity index (χ1v) is 6.83. The summed E-state index contributed by atoms with van der Waals surface area (Å²) in [5.41, 5.74) is -1.73. The summed E-state index contributed by atoms with van der Waals surface area (Å²) in [6.07, 6.45) is 1.09. The zero-order chi connectivity index (χ0) is 16.6. The van der Waals surface area contributed by atoms with Crippen LogP contribution in [-0.2, 0) is 6.54 Å². The van der Waals surface area contributed by atoms with Gasteiger partial charge in [0.05, 0.1) is 10.9 Å². The van der Waals surface area contributed by atoms with E-state index in [0.717, 1.165) is 12.3 Å². The molecule has 7 heteroatoms. The fourth-order valence-electron chi connectivity index (χ4n) is 2.39. The number of carboxylic acids is 1. The van der Waals surface area contributed by atoms with E-state index in [9.17, 15) is 18.4 Å². The second-order valence-electron chi connectivity index (χ2n) is 4.89. The number of benzene rings is 1. The van der Waals surface area contributed by atoms with E-state index in [1.54, 1.807) is 13.8 Å². The number of hydrogen-bond acceptors (Lipinski definition) is 3. The summed E-state index contributed by atoms with van der Waals surface area (Å²) in [5, 5.41) is 8.78. The van der Waals surface area contributed by atoms with Crippen LogP contribution in [0.1, 0.15) is 24.2 Å². The van der Waals surface area contributed by atoms with E-state index in [0.29, 0.717) is 6.54 Å². The SMILES string of the molecule is CCN(C)c1c(F)cc2c(=O)c(C(=O)O)cn(CC)c2c1F. The normalized spacial score (nSPS) is 11.0. The Labute approximate surface area is 125 Å². The molecule has 1 N–H and O–H groups in total. The van der Waals surface area contributed by atoms with Gasteiger partial charge in [-0.15, -0.1) is 0 Å². The minimum absolute atomic E-state index is 0.0887. The van der Waals surface area contributed by atoms with Crippen LogP contribution in [0.25, 0.3) is 10.9 Å². The molecule has 22 heavy (non-hydrogen) atoms. The Bertz CT molecular complexity index is 815. The van der Waals surface area contributed by atoms with Crippen molar-refractivity contribution >= 4 is 22.6 Å². The lowest BCUT2D eigenvalue weighted by molar-refractivity contribution is 0.0695. The molecular weight excluding hydrogens is 294 g/mol. The van der Waals surface area contributed by atoms with Crippen molar-refractivity contribution in [2.75, 3.05) is 18.5 Å². The van der Waals surface area contributed by atoms with Crippen molar-refractivity contribution in [2.45, 2.75) is 20.4 Å². The van der Waals surface area contributed by atoms with Crippen LogP contribution >= 0.6 is 0 Å². The highest BCUT2D eigenvalue weighted by molar-refractivity contribution is 5.93. The molecule has 118 valence electrons. The molecule has 0 aliphatic rings. The van der Waals surface area contributed by atoms with Crippen LogP contribution < -0.4 is 10.3 Å². The van der Waals surface area contributed by atoms with E-state index < -0.39 is 28.6 Å². The lowest BCUT2D eigenvalue weighted by Gasteiger charge is -2.21. The fourth-order valence-corrected chi connectivity index (χ4v) is 2.39. The molecule has 0 unspecified atom stereocenters. The molecule has 0 amide bonds. The monoisotopic (exact) mass is 310 g/mol. The Hall–Kier alpha value is -2.44. The Morgan fingerprint density at radius 2 is 2.00 bits per heavy atom. The Morgan fingerprint density at radius 1 is 1.36 bits per heavy atom. The summed E-state index contributed by atoms with van der Waals surface area (Å²) in [4.78, 5) is 24.7. The summed E-state index contributed by atoms with van der Waals surface area (Å²) >= 11 is 0. The van der Waals surface area contributed by atoms with Crippen molar-refractivity contribution < 1.29 is 18.7 Å². The molecule has 0 atom stereocenters. The maximum absolute atomic E-state index is 14.7. The summed E-state index contributed by atoms with van der Waals surface area (Å²) in [7, 11) is 1.54. The minimum atomic E-state index is -1.43. The first kappa shape index (κ1) is 15.9. The van der Waals surface area contributed by atoms with Crippen molar-refractivity contribution in [1.29, 1.82) is 0 Å². The first-order valence-electron chi connectivity index (χ1n) is 6.83. The molecular formula is C15H16F2N2O3. The van der Waals surface area contributed by atoms with E-state index in [1.807, 2.05) is 0 Å². The number of nitrogens with zero attached hydrogens (tertiary/aromatic N) is 2. The average Bonchev–Trinajstić information content (AvgIpc) is 2.47. The van der Waals surface area contributed by atoms with Gasteiger partial charge in [-0.05, 0) is 19.9 Å². The van der Waals surface area contributed by atoms with Gasteiger partial charge >= 0.3 is 5.97 Å². The molecule has 0 bridgehead atoms. The predicted octanol–water partition coefficient (Wildman–Crippen LogP) is 2.45. The number of pyridine rings is 1. The number of rotatable bonds is 4. The number of aromatic nitrogens is 1. The van der Waals surface area contributed by atoms with Gasteiger partial charge in [0.25, 0.3) is 0 Å². The summed E-state index contributed by atoms with van der Waals surface area (Å²) in [6.45, 7) is 4.04. The van der Waals surface area contributed by atoms with Gasteiger partial charge in [-0.1, -0.05) is 0 Å². The maximum Gasteiger partial charge on any atom is 0.341 e. The van der Waals surface area contributed by atoms with Crippen LogP contribution in [0.4, 0.5) is 14.5 Å². The summed E-state index contributed by atoms with van der Waals surface area (Å²) in [5.74, 6) is -3.18. The molecule has 0 fully saturated rings. The lowest BCUT2D eigenvalue weighted by Crippen LogP contribution is -2.23. The van der Waals surface area contributed by atoms with Gasteiger partial charge in [0.1, 0.15) is 17.1 Å². The third-order valence-corrected chi connectivity index (χ3v) is 3.66. The molecule has 2 rings (SSSR count). The molecule has 0 aliphatic carbocycles. The van der Waals surface area contributed by atoms with Gasteiger partial charge in [0, 0.05) is 26.3 Å². The van der Waals surface area contributed by atoms with Gasteiger partial charge in [-0.2, -0.15) is 0 Å². The Balaban J connectivity index is 3.00. The van der Waals surface area contributed by atoms with Crippen molar-refractivity contribution in [3.8, 4) is 0 Å². The number of aromatic carboxylic acids is 1. The number of carbonyl (C=O) groups is 1. The highest BCUT2D eigenvalue weighted by atomic mass is 19.1. The second kappa shape index (κ2) is 5.75. The average molecular weight is 310 g/mol. The molecule has 1 heterocycles. The van der Waals surface area contributed by atoms with Crippen LogP contribution in [0.3, 0.4) is 0 Å². The van der Waals surface area contributed by atoms with Crippen LogP contribution in [0.5, 0.6) is 0 Å².